The zero-order valence-corrected chi connectivity index (χ0v) is 9.03. The predicted molar refractivity (Wildman–Crippen MR) is 62.7 cm³/mol. The second-order valence-electron chi connectivity index (χ2n) is 3.29. The molecule has 2 rings (SSSR count). The average Bonchev–Trinajstić information content (AvgIpc) is 2.84. The monoisotopic (exact) mass is 212 g/mol. The summed E-state index contributed by atoms with van der Waals surface area (Å²) in [5.41, 5.74) is 2.01. The van der Waals surface area contributed by atoms with Crippen molar-refractivity contribution in [3.05, 3.63) is 42.1 Å². The number of benzene rings is 1. The molecule has 1 aromatic heterocycles. The molecule has 0 atom stereocenters. The molecule has 1 N–H and O–H groups in total. The highest BCUT2D eigenvalue weighted by atomic mass is 16.5. The van der Waals surface area contributed by atoms with Crippen molar-refractivity contribution in [2.75, 3.05) is 13.6 Å². The minimum atomic E-state index is 0.698. The molecule has 1 heterocycles. The molecule has 80 valence electrons. The van der Waals surface area contributed by atoms with Gasteiger partial charge < -0.3 is 9.84 Å². The van der Waals surface area contributed by atoms with Gasteiger partial charge in [-0.2, -0.15) is 0 Å². The van der Waals surface area contributed by atoms with E-state index in [2.05, 4.69) is 22.3 Å². The number of hydrogen-bond acceptors (Lipinski definition) is 3. The molecule has 0 fully saturated rings. The molecule has 2 aromatic rings. The molecule has 0 radical (unpaired) electrons. The molecule has 3 nitrogen and oxygen atoms in total. The van der Waals surface area contributed by atoms with Crippen LogP contribution in [0.3, 0.4) is 0 Å². The van der Waals surface area contributed by atoms with E-state index in [9.17, 15) is 0 Å². The van der Waals surface area contributed by atoms with Gasteiger partial charge in [-0.25, -0.2) is 0 Å². The minimum Gasteiger partial charge on any atom is -0.356 e. The van der Waals surface area contributed by atoms with Crippen LogP contribution < -0.4 is 5.32 Å². The van der Waals surface area contributed by atoms with E-state index in [0.717, 1.165) is 16.9 Å². The third-order valence-electron chi connectivity index (χ3n) is 2.11. The van der Waals surface area contributed by atoms with Crippen molar-refractivity contribution in [1.29, 1.82) is 0 Å². The number of hydrogen-bond donors (Lipinski definition) is 1. The van der Waals surface area contributed by atoms with Gasteiger partial charge in [-0.1, -0.05) is 17.0 Å². The zero-order chi connectivity index (χ0) is 11.2. The van der Waals surface area contributed by atoms with Crippen molar-refractivity contribution >= 4 is 0 Å². The van der Waals surface area contributed by atoms with Gasteiger partial charge in [-0.05, 0) is 31.3 Å². The Kier molecular flexibility index (Phi) is 3.37. The van der Waals surface area contributed by atoms with E-state index in [-0.39, 0.29) is 0 Å². The smallest absolute Gasteiger partial charge is 0.166 e. The largest absolute Gasteiger partial charge is 0.356 e. The predicted octanol–water partition coefficient (Wildman–Crippen LogP) is 1.91. The lowest BCUT2D eigenvalue weighted by atomic mass is 10.1. The van der Waals surface area contributed by atoms with E-state index in [1.807, 2.05) is 37.4 Å². The van der Waals surface area contributed by atoms with Crippen LogP contribution in [0.4, 0.5) is 0 Å². The third kappa shape index (κ3) is 2.50. The van der Waals surface area contributed by atoms with Gasteiger partial charge in [0.15, 0.2) is 5.76 Å². The molecule has 0 saturated heterocycles. The van der Waals surface area contributed by atoms with Gasteiger partial charge in [0.1, 0.15) is 0 Å². The summed E-state index contributed by atoms with van der Waals surface area (Å²) in [6.45, 7) is 0.698. The SMILES string of the molecule is CNCC#Cc1ccc(-c2ccno2)cc1. The van der Waals surface area contributed by atoms with Crippen LogP contribution in [0.2, 0.25) is 0 Å². The van der Waals surface area contributed by atoms with Crippen molar-refractivity contribution in [2.24, 2.45) is 0 Å². The van der Waals surface area contributed by atoms with E-state index < -0.39 is 0 Å². The number of nitrogens with one attached hydrogen (secondary N) is 1. The van der Waals surface area contributed by atoms with Crippen LogP contribution in [-0.4, -0.2) is 18.7 Å². The molecule has 1 aromatic carbocycles. The highest BCUT2D eigenvalue weighted by molar-refractivity contribution is 5.58. The summed E-state index contributed by atoms with van der Waals surface area (Å²) in [6, 6.07) is 9.73. The minimum absolute atomic E-state index is 0.698. The molecule has 0 bridgehead atoms. The molecular formula is C13H12N2O. The van der Waals surface area contributed by atoms with Gasteiger partial charge in [-0.15, -0.1) is 0 Å². The molecule has 0 unspecified atom stereocenters. The van der Waals surface area contributed by atoms with Gasteiger partial charge >= 0.3 is 0 Å². The maximum atomic E-state index is 5.06. The van der Waals surface area contributed by atoms with Gasteiger partial charge in [0.05, 0.1) is 12.7 Å². The molecule has 16 heavy (non-hydrogen) atoms. The Morgan fingerprint density at radius 1 is 1.25 bits per heavy atom. The quantitative estimate of drug-likeness (QED) is 0.773. The van der Waals surface area contributed by atoms with Crippen LogP contribution in [0, 0.1) is 11.8 Å². The molecule has 0 amide bonds. The summed E-state index contributed by atoms with van der Waals surface area (Å²) in [7, 11) is 1.88. The molecule has 0 saturated carbocycles. The Bertz CT molecular complexity index is 489. The summed E-state index contributed by atoms with van der Waals surface area (Å²) in [4.78, 5) is 0. The second-order valence-corrected chi connectivity index (χ2v) is 3.29. The summed E-state index contributed by atoms with van der Waals surface area (Å²) in [5, 5.41) is 6.65. The van der Waals surface area contributed by atoms with E-state index >= 15 is 0 Å². The van der Waals surface area contributed by atoms with E-state index in [0.29, 0.717) is 6.54 Å². The molecule has 0 aliphatic heterocycles. The second kappa shape index (κ2) is 5.15. The molecule has 3 heteroatoms. The zero-order valence-electron chi connectivity index (χ0n) is 9.03. The summed E-state index contributed by atoms with van der Waals surface area (Å²) < 4.78 is 5.06. The van der Waals surface area contributed by atoms with Crippen molar-refractivity contribution in [2.45, 2.75) is 0 Å². The fraction of sp³-hybridized carbons (Fsp3) is 0.154. The topological polar surface area (TPSA) is 38.1 Å². The number of aromatic nitrogens is 1. The van der Waals surface area contributed by atoms with Crippen LogP contribution in [0.5, 0.6) is 0 Å². The molecular weight excluding hydrogens is 200 g/mol. The Hall–Kier alpha value is -2.05. The third-order valence-corrected chi connectivity index (χ3v) is 2.11. The Morgan fingerprint density at radius 2 is 2.06 bits per heavy atom. The number of nitrogens with zero attached hydrogens (tertiary/aromatic N) is 1. The highest BCUT2D eigenvalue weighted by Crippen LogP contribution is 2.18. The first-order valence-corrected chi connectivity index (χ1v) is 5.05. The fourth-order valence-electron chi connectivity index (χ4n) is 1.32. The first-order chi connectivity index (χ1) is 7.90. The van der Waals surface area contributed by atoms with E-state index in [1.165, 1.54) is 0 Å². The normalized spacial score (nSPS) is 9.56. The fourth-order valence-corrected chi connectivity index (χ4v) is 1.32. The Morgan fingerprint density at radius 3 is 2.69 bits per heavy atom. The number of rotatable bonds is 2. The van der Waals surface area contributed by atoms with E-state index in [4.69, 9.17) is 4.52 Å². The Balaban J connectivity index is 2.15. The summed E-state index contributed by atoms with van der Waals surface area (Å²) in [5.74, 6) is 6.84. The van der Waals surface area contributed by atoms with Crippen LogP contribution in [-0.2, 0) is 0 Å². The van der Waals surface area contributed by atoms with Crippen LogP contribution >= 0.6 is 0 Å². The van der Waals surface area contributed by atoms with Crippen molar-refractivity contribution < 1.29 is 4.52 Å². The maximum absolute atomic E-state index is 5.06. The maximum Gasteiger partial charge on any atom is 0.166 e. The van der Waals surface area contributed by atoms with Crippen molar-refractivity contribution in [3.63, 3.8) is 0 Å². The van der Waals surface area contributed by atoms with Crippen molar-refractivity contribution in [1.82, 2.24) is 10.5 Å². The van der Waals surface area contributed by atoms with Gasteiger partial charge in [0, 0.05) is 17.2 Å². The van der Waals surface area contributed by atoms with Gasteiger partial charge in [0.2, 0.25) is 0 Å². The highest BCUT2D eigenvalue weighted by Gasteiger charge is 1.99. The van der Waals surface area contributed by atoms with Crippen molar-refractivity contribution in [3.8, 4) is 23.2 Å². The van der Waals surface area contributed by atoms with E-state index in [1.54, 1.807) is 6.20 Å². The lowest BCUT2D eigenvalue weighted by molar-refractivity contribution is 0.432. The summed E-state index contributed by atoms with van der Waals surface area (Å²) in [6.07, 6.45) is 1.63. The van der Waals surface area contributed by atoms with Crippen LogP contribution in [0.25, 0.3) is 11.3 Å². The summed E-state index contributed by atoms with van der Waals surface area (Å²) >= 11 is 0. The van der Waals surface area contributed by atoms with Crippen LogP contribution in [0.15, 0.2) is 41.1 Å². The standard InChI is InChI=1S/C13H12N2O/c1-14-9-2-3-11-4-6-12(7-5-11)13-8-10-15-16-13/h4-8,10,14H,9H2,1H3. The lowest BCUT2D eigenvalue weighted by Crippen LogP contribution is -2.04. The molecule has 0 aliphatic rings. The first-order valence-electron chi connectivity index (χ1n) is 5.05. The molecule has 0 aliphatic carbocycles. The molecule has 0 spiro atoms. The van der Waals surface area contributed by atoms with Gasteiger partial charge in [0.25, 0.3) is 0 Å². The van der Waals surface area contributed by atoms with Crippen LogP contribution in [0.1, 0.15) is 5.56 Å². The average molecular weight is 212 g/mol. The Labute approximate surface area is 94.5 Å². The first kappa shape index (κ1) is 10.5. The van der Waals surface area contributed by atoms with Gasteiger partial charge in [-0.3, -0.25) is 0 Å². The lowest BCUT2D eigenvalue weighted by Gasteiger charge is -1.95.